The predicted octanol–water partition coefficient (Wildman–Crippen LogP) is 4.01. The first kappa shape index (κ1) is 15.0. The molecule has 4 nitrogen and oxygen atoms in total. The SMILES string of the molecule is Cc1ccccc1CNc1ccnc(NCc2ccccc2)n1. The Morgan fingerprint density at radius 2 is 1.61 bits per heavy atom. The highest BCUT2D eigenvalue weighted by atomic mass is 15.1. The van der Waals surface area contributed by atoms with Crippen LogP contribution in [0, 0.1) is 6.92 Å². The lowest BCUT2D eigenvalue weighted by atomic mass is 10.1. The molecular weight excluding hydrogens is 284 g/mol. The van der Waals surface area contributed by atoms with Crippen molar-refractivity contribution in [2.45, 2.75) is 20.0 Å². The molecule has 1 heterocycles. The van der Waals surface area contributed by atoms with Gasteiger partial charge in [-0.05, 0) is 29.7 Å². The van der Waals surface area contributed by atoms with E-state index < -0.39 is 0 Å². The highest BCUT2D eigenvalue weighted by Gasteiger charge is 2.01. The summed E-state index contributed by atoms with van der Waals surface area (Å²) in [5.41, 5.74) is 3.75. The van der Waals surface area contributed by atoms with E-state index in [1.807, 2.05) is 24.3 Å². The Hall–Kier alpha value is -2.88. The molecule has 1 aromatic heterocycles. The van der Waals surface area contributed by atoms with Crippen molar-refractivity contribution in [3.8, 4) is 0 Å². The van der Waals surface area contributed by atoms with Crippen LogP contribution in [-0.2, 0) is 13.1 Å². The first-order valence-corrected chi connectivity index (χ1v) is 7.70. The summed E-state index contributed by atoms with van der Waals surface area (Å²) in [4.78, 5) is 8.76. The van der Waals surface area contributed by atoms with Crippen molar-refractivity contribution in [3.63, 3.8) is 0 Å². The number of aromatic nitrogens is 2. The molecule has 3 aromatic rings. The van der Waals surface area contributed by atoms with E-state index in [-0.39, 0.29) is 0 Å². The van der Waals surface area contributed by atoms with E-state index in [4.69, 9.17) is 0 Å². The Labute approximate surface area is 136 Å². The summed E-state index contributed by atoms with van der Waals surface area (Å²) in [5, 5.41) is 6.60. The molecule has 0 amide bonds. The Morgan fingerprint density at radius 3 is 2.43 bits per heavy atom. The van der Waals surface area contributed by atoms with Gasteiger partial charge < -0.3 is 10.6 Å². The maximum atomic E-state index is 4.50. The molecule has 0 aliphatic rings. The Bertz CT molecular complexity index is 756. The normalized spacial score (nSPS) is 10.3. The highest BCUT2D eigenvalue weighted by Crippen LogP contribution is 2.12. The fourth-order valence-corrected chi connectivity index (χ4v) is 2.31. The first-order chi connectivity index (χ1) is 11.3. The molecule has 0 bridgehead atoms. The number of nitrogens with one attached hydrogen (secondary N) is 2. The van der Waals surface area contributed by atoms with Crippen LogP contribution in [0.25, 0.3) is 0 Å². The third kappa shape index (κ3) is 4.30. The van der Waals surface area contributed by atoms with Gasteiger partial charge in [-0.3, -0.25) is 0 Å². The number of nitrogens with zero attached hydrogens (tertiary/aromatic N) is 2. The van der Waals surface area contributed by atoms with Crippen molar-refractivity contribution in [3.05, 3.63) is 83.6 Å². The second-order valence-corrected chi connectivity index (χ2v) is 5.38. The van der Waals surface area contributed by atoms with E-state index in [0.29, 0.717) is 12.5 Å². The summed E-state index contributed by atoms with van der Waals surface area (Å²) in [6.45, 7) is 3.58. The molecule has 0 atom stereocenters. The fraction of sp³-hybridized carbons (Fsp3) is 0.158. The Morgan fingerprint density at radius 1 is 0.826 bits per heavy atom. The minimum atomic E-state index is 0.628. The van der Waals surface area contributed by atoms with Gasteiger partial charge >= 0.3 is 0 Å². The molecule has 116 valence electrons. The predicted molar refractivity (Wildman–Crippen MR) is 94.3 cm³/mol. The van der Waals surface area contributed by atoms with Gasteiger partial charge in [-0.1, -0.05) is 54.6 Å². The third-order valence-corrected chi connectivity index (χ3v) is 3.67. The molecule has 0 spiro atoms. The molecule has 4 heteroatoms. The summed E-state index contributed by atoms with van der Waals surface area (Å²) >= 11 is 0. The van der Waals surface area contributed by atoms with Gasteiger partial charge in [-0.2, -0.15) is 4.98 Å². The average molecular weight is 304 g/mol. The molecule has 0 saturated heterocycles. The van der Waals surface area contributed by atoms with Crippen molar-refractivity contribution in [2.75, 3.05) is 10.6 Å². The smallest absolute Gasteiger partial charge is 0.224 e. The van der Waals surface area contributed by atoms with Crippen LogP contribution in [0.3, 0.4) is 0 Å². The van der Waals surface area contributed by atoms with Crippen molar-refractivity contribution in [1.29, 1.82) is 0 Å². The van der Waals surface area contributed by atoms with Crippen molar-refractivity contribution in [1.82, 2.24) is 9.97 Å². The van der Waals surface area contributed by atoms with Gasteiger partial charge in [0.05, 0.1) is 0 Å². The molecule has 0 radical (unpaired) electrons. The zero-order chi connectivity index (χ0) is 15.9. The Kier molecular flexibility index (Phi) is 4.84. The number of anilines is 2. The van der Waals surface area contributed by atoms with Crippen LogP contribution in [0.15, 0.2) is 66.9 Å². The van der Waals surface area contributed by atoms with E-state index in [2.05, 4.69) is 63.9 Å². The number of hydrogen-bond acceptors (Lipinski definition) is 4. The summed E-state index contributed by atoms with van der Waals surface area (Å²) in [7, 11) is 0. The van der Waals surface area contributed by atoms with Gasteiger partial charge in [-0.25, -0.2) is 4.98 Å². The maximum absolute atomic E-state index is 4.50. The largest absolute Gasteiger partial charge is 0.366 e. The summed E-state index contributed by atoms with van der Waals surface area (Å²) in [6, 6.07) is 20.4. The van der Waals surface area contributed by atoms with E-state index >= 15 is 0 Å². The minimum absolute atomic E-state index is 0.628. The lowest BCUT2D eigenvalue weighted by Crippen LogP contribution is -2.07. The highest BCUT2D eigenvalue weighted by molar-refractivity contribution is 5.41. The Balaban J connectivity index is 1.60. The molecule has 0 unspecified atom stereocenters. The summed E-state index contributed by atoms with van der Waals surface area (Å²) in [6.07, 6.45) is 1.76. The van der Waals surface area contributed by atoms with Gasteiger partial charge in [0.25, 0.3) is 0 Å². The number of aryl methyl sites for hydroxylation is 1. The van der Waals surface area contributed by atoms with E-state index in [1.54, 1.807) is 6.20 Å². The molecule has 0 saturated carbocycles. The van der Waals surface area contributed by atoms with Crippen molar-refractivity contribution in [2.24, 2.45) is 0 Å². The number of hydrogen-bond donors (Lipinski definition) is 2. The lowest BCUT2D eigenvalue weighted by Gasteiger charge is -2.10. The average Bonchev–Trinajstić information content (AvgIpc) is 2.61. The van der Waals surface area contributed by atoms with Crippen LogP contribution in [0.4, 0.5) is 11.8 Å². The second-order valence-electron chi connectivity index (χ2n) is 5.38. The molecule has 0 fully saturated rings. The topological polar surface area (TPSA) is 49.8 Å². The second kappa shape index (κ2) is 7.40. The van der Waals surface area contributed by atoms with Crippen molar-refractivity contribution >= 4 is 11.8 Å². The molecule has 2 aromatic carbocycles. The number of rotatable bonds is 6. The van der Waals surface area contributed by atoms with Gasteiger partial charge in [0.15, 0.2) is 0 Å². The van der Waals surface area contributed by atoms with Crippen LogP contribution in [0.5, 0.6) is 0 Å². The van der Waals surface area contributed by atoms with Crippen LogP contribution in [0.1, 0.15) is 16.7 Å². The molecule has 3 rings (SSSR count). The minimum Gasteiger partial charge on any atom is -0.366 e. The fourth-order valence-electron chi connectivity index (χ4n) is 2.31. The lowest BCUT2D eigenvalue weighted by molar-refractivity contribution is 1.03. The van der Waals surface area contributed by atoms with Crippen LogP contribution in [0.2, 0.25) is 0 Å². The van der Waals surface area contributed by atoms with Gasteiger partial charge in [-0.15, -0.1) is 0 Å². The zero-order valence-electron chi connectivity index (χ0n) is 13.2. The number of benzene rings is 2. The molecule has 2 N–H and O–H groups in total. The summed E-state index contributed by atoms with van der Waals surface area (Å²) < 4.78 is 0. The van der Waals surface area contributed by atoms with Gasteiger partial charge in [0.2, 0.25) is 5.95 Å². The molecular formula is C19H20N4. The zero-order valence-corrected chi connectivity index (χ0v) is 13.2. The third-order valence-electron chi connectivity index (χ3n) is 3.67. The van der Waals surface area contributed by atoms with Crippen LogP contribution < -0.4 is 10.6 Å². The first-order valence-electron chi connectivity index (χ1n) is 7.70. The van der Waals surface area contributed by atoms with E-state index in [1.165, 1.54) is 16.7 Å². The maximum Gasteiger partial charge on any atom is 0.224 e. The van der Waals surface area contributed by atoms with Crippen molar-refractivity contribution < 1.29 is 0 Å². The molecule has 0 aliphatic carbocycles. The van der Waals surface area contributed by atoms with Crippen LogP contribution in [-0.4, -0.2) is 9.97 Å². The summed E-state index contributed by atoms with van der Waals surface area (Å²) in [5.74, 6) is 1.45. The molecule has 23 heavy (non-hydrogen) atoms. The standard InChI is InChI=1S/C19H20N4/c1-15-7-5-6-10-17(15)14-21-18-11-12-20-19(23-18)22-13-16-8-3-2-4-9-16/h2-12H,13-14H2,1H3,(H2,20,21,22,23). The monoisotopic (exact) mass is 304 g/mol. The van der Waals surface area contributed by atoms with Gasteiger partial charge in [0.1, 0.15) is 5.82 Å². The van der Waals surface area contributed by atoms with E-state index in [0.717, 1.165) is 12.4 Å². The van der Waals surface area contributed by atoms with E-state index in [9.17, 15) is 0 Å². The molecule has 0 aliphatic heterocycles. The van der Waals surface area contributed by atoms with Crippen LogP contribution >= 0.6 is 0 Å². The van der Waals surface area contributed by atoms with Gasteiger partial charge in [0, 0.05) is 19.3 Å². The quantitative estimate of drug-likeness (QED) is 0.722.